The van der Waals surface area contributed by atoms with Gasteiger partial charge in [-0.25, -0.2) is 0 Å². The second kappa shape index (κ2) is 5.89. The van der Waals surface area contributed by atoms with Crippen LogP contribution in [0.4, 0.5) is 0 Å². The van der Waals surface area contributed by atoms with Crippen molar-refractivity contribution in [2.75, 3.05) is 0 Å². The van der Waals surface area contributed by atoms with Crippen LogP contribution in [-0.2, 0) is 4.79 Å². The molecule has 1 aliphatic rings. The zero-order valence-corrected chi connectivity index (χ0v) is 11.1. The molecular formula is C14H10O2S2. The molecule has 18 heavy (non-hydrogen) atoms. The van der Waals surface area contributed by atoms with Gasteiger partial charge in [-0.3, -0.25) is 9.59 Å². The molecule has 3 rings (SSSR count). The van der Waals surface area contributed by atoms with E-state index in [-0.39, 0.29) is 10.9 Å². The predicted molar refractivity (Wildman–Crippen MR) is 75.3 cm³/mol. The van der Waals surface area contributed by atoms with Crippen molar-refractivity contribution in [2.24, 2.45) is 0 Å². The lowest BCUT2D eigenvalue weighted by Gasteiger charge is -1.89. The molecular weight excluding hydrogens is 264 g/mol. The van der Waals surface area contributed by atoms with E-state index in [0.717, 1.165) is 21.6 Å². The van der Waals surface area contributed by atoms with E-state index in [9.17, 15) is 9.59 Å². The van der Waals surface area contributed by atoms with Crippen LogP contribution in [0.1, 0.15) is 10.4 Å². The molecule has 0 saturated heterocycles. The Balaban J connectivity index is 0.000000149. The fourth-order valence-electron chi connectivity index (χ4n) is 1.43. The van der Waals surface area contributed by atoms with E-state index in [2.05, 4.69) is 12.6 Å². The van der Waals surface area contributed by atoms with Crippen LogP contribution in [-0.4, -0.2) is 10.9 Å². The third-order valence-electron chi connectivity index (χ3n) is 2.28. The first-order chi connectivity index (χ1) is 8.68. The van der Waals surface area contributed by atoms with Crippen LogP contribution in [0.25, 0.3) is 0 Å². The SMILES string of the molecule is O=C1Sc2ccccc2C1=O.Sc1ccccc1. The Kier molecular flexibility index (Phi) is 4.23. The number of rotatable bonds is 0. The third-order valence-corrected chi connectivity index (χ3v) is 3.52. The minimum atomic E-state index is -0.370. The second-order valence-electron chi connectivity index (χ2n) is 3.55. The molecule has 2 aromatic carbocycles. The van der Waals surface area contributed by atoms with Crippen LogP contribution in [0, 0.1) is 0 Å². The van der Waals surface area contributed by atoms with Gasteiger partial charge in [-0.1, -0.05) is 30.3 Å². The van der Waals surface area contributed by atoms with Gasteiger partial charge >= 0.3 is 0 Å². The summed E-state index contributed by atoms with van der Waals surface area (Å²) in [5.41, 5.74) is 0.544. The lowest BCUT2D eigenvalue weighted by molar-refractivity contribution is -0.107. The van der Waals surface area contributed by atoms with Crippen molar-refractivity contribution in [2.45, 2.75) is 9.79 Å². The molecule has 2 nitrogen and oxygen atoms in total. The summed E-state index contributed by atoms with van der Waals surface area (Å²) >= 11 is 5.10. The molecule has 0 atom stereocenters. The molecule has 0 unspecified atom stereocenters. The quantitative estimate of drug-likeness (QED) is 0.590. The molecule has 90 valence electrons. The standard InChI is InChI=1S/C8H4O2S.C6H6S/c9-7-5-3-1-2-4-6(5)11-8(7)10;7-6-4-2-1-3-5-6/h1-4H;1-5,7H. The highest BCUT2D eigenvalue weighted by Crippen LogP contribution is 2.31. The van der Waals surface area contributed by atoms with Crippen molar-refractivity contribution in [3.05, 3.63) is 60.2 Å². The van der Waals surface area contributed by atoms with E-state index >= 15 is 0 Å². The van der Waals surface area contributed by atoms with Gasteiger partial charge in [0.15, 0.2) is 0 Å². The molecule has 0 N–H and O–H groups in total. The number of thioether (sulfide) groups is 1. The van der Waals surface area contributed by atoms with Gasteiger partial charge in [0.05, 0.1) is 0 Å². The number of Topliss-reactive ketones (excluding diaryl/α,β-unsaturated/α-hetero) is 1. The second-order valence-corrected chi connectivity index (χ2v) is 5.08. The molecule has 2 aromatic rings. The van der Waals surface area contributed by atoms with Crippen molar-refractivity contribution >= 4 is 35.3 Å². The summed E-state index contributed by atoms with van der Waals surface area (Å²) in [6.45, 7) is 0. The number of fused-ring (bicyclic) bond motifs is 1. The Labute approximate surface area is 115 Å². The lowest BCUT2D eigenvalue weighted by Crippen LogP contribution is -2.01. The maximum atomic E-state index is 11.0. The largest absolute Gasteiger partial charge is 0.284 e. The summed E-state index contributed by atoms with van der Waals surface area (Å²) in [6.07, 6.45) is 0. The van der Waals surface area contributed by atoms with E-state index in [1.54, 1.807) is 18.2 Å². The highest BCUT2D eigenvalue weighted by Gasteiger charge is 2.28. The number of carbonyl (C=O) groups excluding carboxylic acids is 2. The highest BCUT2D eigenvalue weighted by atomic mass is 32.2. The Morgan fingerprint density at radius 2 is 1.44 bits per heavy atom. The number of hydrogen-bond acceptors (Lipinski definition) is 4. The number of carbonyl (C=O) groups is 2. The highest BCUT2D eigenvalue weighted by molar-refractivity contribution is 8.16. The van der Waals surface area contributed by atoms with Gasteiger partial charge in [0.25, 0.3) is 5.12 Å². The fourth-order valence-corrected chi connectivity index (χ4v) is 2.42. The topological polar surface area (TPSA) is 34.1 Å². The van der Waals surface area contributed by atoms with E-state index in [0.29, 0.717) is 5.56 Å². The van der Waals surface area contributed by atoms with Gasteiger partial charge in [-0.2, -0.15) is 0 Å². The molecule has 1 aliphatic heterocycles. The molecule has 4 heteroatoms. The van der Waals surface area contributed by atoms with Crippen molar-refractivity contribution in [3.63, 3.8) is 0 Å². The summed E-state index contributed by atoms with van der Waals surface area (Å²) < 4.78 is 0. The van der Waals surface area contributed by atoms with Crippen molar-refractivity contribution in [1.82, 2.24) is 0 Å². The van der Waals surface area contributed by atoms with E-state index < -0.39 is 0 Å². The van der Waals surface area contributed by atoms with Gasteiger partial charge in [-0.15, -0.1) is 12.6 Å². The first kappa shape index (κ1) is 12.9. The van der Waals surface area contributed by atoms with Crippen LogP contribution in [0.5, 0.6) is 0 Å². The molecule has 0 spiro atoms. The molecule has 0 bridgehead atoms. The van der Waals surface area contributed by atoms with Crippen molar-refractivity contribution in [1.29, 1.82) is 0 Å². The summed E-state index contributed by atoms with van der Waals surface area (Å²) in [7, 11) is 0. The Hall–Kier alpha value is -1.52. The van der Waals surface area contributed by atoms with Gasteiger partial charge < -0.3 is 0 Å². The zero-order valence-electron chi connectivity index (χ0n) is 9.37. The van der Waals surface area contributed by atoms with Crippen molar-refractivity contribution in [3.8, 4) is 0 Å². The van der Waals surface area contributed by atoms with Gasteiger partial charge in [0.2, 0.25) is 5.78 Å². The Morgan fingerprint density at radius 3 is 2.00 bits per heavy atom. The molecule has 1 heterocycles. The minimum Gasteiger partial charge on any atom is -0.284 e. The van der Waals surface area contributed by atoms with Gasteiger partial charge in [0.1, 0.15) is 0 Å². The molecule has 0 aromatic heterocycles. The number of hydrogen-bond donors (Lipinski definition) is 1. The Bertz CT molecular complexity index is 579. The first-order valence-corrected chi connectivity index (χ1v) is 6.54. The average molecular weight is 274 g/mol. The maximum Gasteiger partial charge on any atom is 0.264 e. The third kappa shape index (κ3) is 3.03. The molecule has 0 saturated carbocycles. The van der Waals surface area contributed by atoms with Crippen LogP contribution in [0.3, 0.4) is 0 Å². The molecule has 0 amide bonds. The molecule has 0 aliphatic carbocycles. The average Bonchev–Trinajstić information content (AvgIpc) is 2.68. The fraction of sp³-hybridized carbons (Fsp3) is 0. The van der Waals surface area contributed by atoms with Gasteiger partial charge in [-0.05, 0) is 36.0 Å². The van der Waals surface area contributed by atoms with Crippen LogP contribution >= 0.6 is 24.4 Å². The number of benzene rings is 2. The lowest BCUT2D eigenvalue weighted by atomic mass is 10.1. The normalized spacial score (nSPS) is 12.7. The summed E-state index contributed by atoms with van der Waals surface area (Å²) in [5, 5.41) is -0.369. The summed E-state index contributed by atoms with van der Waals surface area (Å²) in [6, 6.07) is 16.8. The molecule has 0 radical (unpaired) electrons. The zero-order chi connectivity index (χ0) is 13.0. The van der Waals surface area contributed by atoms with Crippen LogP contribution in [0.2, 0.25) is 0 Å². The van der Waals surface area contributed by atoms with Crippen molar-refractivity contribution < 1.29 is 9.59 Å². The summed E-state index contributed by atoms with van der Waals surface area (Å²) in [5.74, 6) is -0.370. The minimum absolute atomic E-state index is 0.369. The molecule has 0 fully saturated rings. The smallest absolute Gasteiger partial charge is 0.264 e. The van der Waals surface area contributed by atoms with E-state index in [4.69, 9.17) is 0 Å². The van der Waals surface area contributed by atoms with Gasteiger partial charge in [0, 0.05) is 15.4 Å². The first-order valence-electron chi connectivity index (χ1n) is 5.28. The maximum absolute atomic E-state index is 11.0. The van der Waals surface area contributed by atoms with E-state index in [1.807, 2.05) is 36.4 Å². The Morgan fingerprint density at radius 1 is 0.833 bits per heavy atom. The van der Waals surface area contributed by atoms with E-state index in [1.165, 1.54) is 0 Å². The number of ketones is 1. The monoisotopic (exact) mass is 274 g/mol. The summed E-state index contributed by atoms with van der Waals surface area (Å²) in [4.78, 5) is 23.7. The van der Waals surface area contributed by atoms with Crippen LogP contribution in [0.15, 0.2) is 64.4 Å². The predicted octanol–water partition coefficient (Wildman–Crippen LogP) is 3.48. The number of thiol groups is 1. The van der Waals surface area contributed by atoms with Crippen LogP contribution < -0.4 is 0 Å².